The summed E-state index contributed by atoms with van der Waals surface area (Å²) in [6.07, 6.45) is 4.67. The molecular formula is C28H27N3O3. The van der Waals surface area contributed by atoms with E-state index in [9.17, 15) is 14.7 Å². The molecule has 0 fully saturated rings. The molecule has 0 aliphatic carbocycles. The van der Waals surface area contributed by atoms with Crippen LogP contribution < -0.4 is 10.2 Å². The Kier molecular flexibility index (Phi) is 5.83. The van der Waals surface area contributed by atoms with Crippen molar-refractivity contribution in [3.8, 4) is 5.75 Å². The van der Waals surface area contributed by atoms with Crippen molar-refractivity contribution in [3.05, 3.63) is 102 Å². The molecule has 2 amide bonds. The van der Waals surface area contributed by atoms with E-state index >= 15 is 0 Å². The maximum atomic E-state index is 14.0. The second-order valence-electron chi connectivity index (χ2n) is 9.22. The van der Waals surface area contributed by atoms with Crippen molar-refractivity contribution < 1.29 is 14.7 Å². The quantitative estimate of drug-likeness (QED) is 0.563. The number of amides is 2. The monoisotopic (exact) mass is 453 g/mol. The van der Waals surface area contributed by atoms with Crippen molar-refractivity contribution >= 4 is 29.2 Å². The van der Waals surface area contributed by atoms with Gasteiger partial charge in [-0.05, 0) is 68.3 Å². The predicted octanol–water partition coefficient (Wildman–Crippen LogP) is 4.67. The average molecular weight is 454 g/mol. The smallest absolute Gasteiger partial charge is 0.257 e. The Morgan fingerprint density at radius 2 is 1.71 bits per heavy atom. The SMILES string of the molecule is C=C1c2ccccc2N(C(=O)C=Cc2ccc(O)cc2)C1(C(=O)NC(C)(C)C)c1ccccn1. The molecular weight excluding hydrogens is 426 g/mol. The number of hydrogen-bond acceptors (Lipinski definition) is 4. The summed E-state index contributed by atoms with van der Waals surface area (Å²) in [6.45, 7) is 9.95. The van der Waals surface area contributed by atoms with Gasteiger partial charge in [0, 0.05) is 23.4 Å². The van der Waals surface area contributed by atoms with Crippen LogP contribution in [0.2, 0.25) is 0 Å². The molecule has 0 saturated heterocycles. The van der Waals surface area contributed by atoms with Crippen LogP contribution in [0.1, 0.15) is 37.6 Å². The number of carbonyl (C=O) groups is 2. The fourth-order valence-corrected chi connectivity index (χ4v) is 4.18. The maximum absolute atomic E-state index is 14.0. The van der Waals surface area contributed by atoms with E-state index in [4.69, 9.17) is 0 Å². The molecule has 0 bridgehead atoms. The zero-order valence-corrected chi connectivity index (χ0v) is 19.4. The van der Waals surface area contributed by atoms with Crippen LogP contribution in [0.3, 0.4) is 0 Å². The van der Waals surface area contributed by atoms with Crippen LogP contribution in [0.4, 0.5) is 5.69 Å². The van der Waals surface area contributed by atoms with Gasteiger partial charge in [0.2, 0.25) is 0 Å². The first kappa shape index (κ1) is 23.0. The van der Waals surface area contributed by atoms with Gasteiger partial charge in [-0.2, -0.15) is 0 Å². The van der Waals surface area contributed by atoms with Crippen molar-refractivity contribution in [2.45, 2.75) is 31.8 Å². The summed E-state index contributed by atoms with van der Waals surface area (Å²) in [4.78, 5) is 33.8. The molecule has 0 saturated carbocycles. The van der Waals surface area contributed by atoms with E-state index in [1.807, 2.05) is 45.0 Å². The van der Waals surface area contributed by atoms with Crippen LogP contribution in [-0.4, -0.2) is 27.4 Å². The number of pyridine rings is 1. The molecule has 2 heterocycles. The van der Waals surface area contributed by atoms with Gasteiger partial charge in [-0.15, -0.1) is 0 Å². The molecule has 172 valence electrons. The van der Waals surface area contributed by atoms with Gasteiger partial charge < -0.3 is 10.4 Å². The minimum absolute atomic E-state index is 0.140. The highest BCUT2D eigenvalue weighted by Gasteiger charge is 2.57. The number of nitrogens with one attached hydrogen (secondary N) is 1. The van der Waals surface area contributed by atoms with Crippen molar-refractivity contribution in [1.82, 2.24) is 10.3 Å². The summed E-state index contributed by atoms with van der Waals surface area (Å²) in [5.74, 6) is -0.638. The first-order chi connectivity index (χ1) is 16.1. The number of rotatable bonds is 4. The Bertz CT molecular complexity index is 1270. The number of fused-ring (bicyclic) bond motifs is 1. The number of carbonyl (C=O) groups excluding carboxylic acids is 2. The largest absolute Gasteiger partial charge is 0.508 e. The molecule has 1 atom stereocenters. The molecule has 1 aliphatic heterocycles. The molecule has 2 aromatic carbocycles. The molecule has 1 unspecified atom stereocenters. The molecule has 34 heavy (non-hydrogen) atoms. The van der Waals surface area contributed by atoms with E-state index in [1.54, 1.807) is 54.7 Å². The number of aromatic hydroxyl groups is 1. The summed E-state index contributed by atoms with van der Waals surface area (Å²) >= 11 is 0. The normalized spacial score (nSPS) is 17.6. The van der Waals surface area contributed by atoms with E-state index in [0.717, 1.165) is 5.56 Å². The first-order valence-corrected chi connectivity index (χ1v) is 11.0. The summed E-state index contributed by atoms with van der Waals surface area (Å²) in [5, 5.41) is 12.6. The van der Waals surface area contributed by atoms with Gasteiger partial charge in [0.15, 0.2) is 5.54 Å². The zero-order valence-electron chi connectivity index (χ0n) is 19.4. The number of phenolic OH excluding ortho intramolecular Hbond substituents is 1. The second kappa shape index (κ2) is 8.63. The van der Waals surface area contributed by atoms with E-state index in [0.29, 0.717) is 22.5 Å². The van der Waals surface area contributed by atoms with Crippen molar-refractivity contribution in [2.75, 3.05) is 4.90 Å². The third kappa shape index (κ3) is 3.99. The minimum Gasteiger partial charge on any atom is -0.508 e. The summed E-state index contributed by atoms with van der Waals surface area (Å²) in [6, 6.07) is 19.1. The van der Waals surface area contributed by atoms with Gasteiger partial charge in [0.05, 0.1) is 11.4 Å². The topological polar surface area (TPSA) is 82.5 Å². The van der Waals surface area contributed by atoms with E-state index < -0.39 is 17.0 Å². The number of aromatic nitrogens is 1. The highest BCUT2D eigenvalue weighted by Crippen LogP contribution is 2.52. The fourth-order valence-electron chi connectivity index (χ4n) is 4.18. The number of anilines is 1. The van der Waals surface area contributed by atoms with E-state index in [1.165, 1.54) is 11.0 Å². The van der Waals surface area contributed by atoms with Crippen LogP contribution in [-0.2, 0) is 15.1 Å². The van der Waals surface area contributed by atoms with E-state index in [2.05, 4.69) is 16.9 Å². The van der Waals surface area contributed by atoms with Crippen molar-refractivity contribution in [2.24, 2.45) is 0 Å². The summed E-state index contributed by atoms with van der Waals surface area (Å²) in [7, 11) is 0. The number of nitrogens with zero attached hydrogens (tertiary/aromatic N) is 2. The van der Waals surface area contributed by atoms with Crippen LogP contribution in [0.5, 0.6) is 5.75 Å². The Hall–Kier alpha value is -4.19. The molecule has 3 aromatic rings. The predicted molar refractivity (Wildman–Crippen MR) is 134 cm³/mol. The van der Waals surface area contributed by atoms with Gasteiger partial charge >= 0.3 is 0 Å². The van der Waals surface area contributed by atoms with Gasteiger partial charge in [-0.3, -0.25) is 19.5 Å². The highest BCUT2D eigenvalue weighted by molar-refractivity contribution is 6.20. The number of para-hydroxylation sites is 1. The zero-order chi connectivity index (χ0) is 24.5. The van der Waals surface area contributed by atoms with Crippen LogP contribution >= 0.6 is 0 Å². The molecule has 1 aromatic heterocycles. The van der Waals surface area contributed by atoms with Crippen molar-refractivity contribution in [3.63, 3.8) is 0 Å². The fraction of sp³-hybridized carbons (Fsp3) is 0.179. The lowest BCUT2D eigenvalue weighted by Gasteiger charge is -2.39. The molecule has 2 N–H and O–H groups in total. The third-order valence-electron chi connectivity index (χ3n) is 5.63. The van der Waals surface area contributed by atoms with Gasteiger partial charge in [-0.1, -0.05) is 43.0 Å². The summed E-state index contributed by atoms with van der Waals surface area (Å²) in [5.41, 5.74) is 0.810. The Morgan fingerprint density at radius 3 is 2.35 bits per heavy atom. The molecule has 4 rings (SSSR count). The Balaban J connectivity index is 1.90. The molecule has 0 radical (unpaired) electrons. The number of benzene rings is 2. The lowest BCUT2D eigenvalue weighted by Crippen LogP contribution is -2.60. The molecule has 6 nitrogen and oxygen atoms in total. The minimum atomic E-state index is -1.56. The van der Waals surface area contributed by atoms with Gasteiger partial charge in [-0.25, -0.2) is 0 Å². The Labute approximate surface area is 199 Å². The second-order valence-corrected chi connectivity index (χ2v) is 9.22. The standard InChI is InChI=1S/C28H27N3O3/c1-19-22-9-5-6-10-23(22)31(25(33)17-14-20-12-15-21(32)16-13-20)28(19,24-11-7-8-18-29-24)26(34)30-27(2,3)4/h5-18,32H,1H2,2-4H3,(H,30,34). The van der Waals surface area contributed by atoms with Gasteiger partial charge in [0.25, 0.3) is 11.8 Å². The lowest BCUT2D eigenvalue weighted by atomic mass is 9.83. The van der Waals surface area contributed by atoms with Crippen LogP contribution in [0, 0.1) is 0 Å². The summed E-state index contributed by atoms with van der Waals surface area (Å²) < 4.78 is 0. The molecule has 0 spiro atoms. The maximum Gasteiger partial charge on any atom is 0.257 e. The Morgan fingerprint density at radius 1 is 1.03 bits per heavy atom. The molecule has 1 aliphatic rings. The van der Waals surface area contributed by atoms with Crippen LogP contribution in [0.25, 0.3) is 11.6 Å². The first-order valence-electron chi connectivity index (χ1n) is 11.0. The van der Waals surface area contributed by atoms with Gasteiger partial charge in [0.1, 0.15) is 5.75 Å². The molecule has 6 heteroatoms. The average Bonchev–Trinajstić information content (AvgIpc) is 3.08. The number of phenols is 1. The van der Waals surface area contributed by atoms with Crippen molar-refractivity contribution in [1.29, 1.82) is 0 Å². The van der Waals surface area contributed by atoms with E-state index in [-0.39, 0.29) is 11.7 Å². The van der Waals surface area contributed by atoms with Crippen LogP contribution in [0.15, 0.2) is 85.6 Å². The highest BCUT2D eigenvalue weighted by atomic mass is 16.3. The third-order valence-corrected chi connectivity index (χ3v) is 5.63. The number of hydrogen-bond donors (Lipinski definition) is 2. The lowest BCUT2D eigenvalue weighted by molar-refractivity contribution is -0.128.